The maximum Gasteiger partial charge on any atom is 0.207 e. The third-order valence-electron chi connectivity index (χ3n) is 17.0. The van der Waals surface area contributed by atoms with Gasteiger partial charge in [-0.1, -0.05) is 61.6 Å². The van der Waals surface area contributed by atoms with Crippen LogP contribution in [0.4, 0.5) is 0 Å². The quantitative estimate of drug-likeness (QED) is 0.0561. The fourth-order valence-corrected chi connectivity index (χ4v) is 16.1. The molecule has 8 aliphatic rings. The van der Waals surface area contributed by atoms with Gasteiger partial charge >= 0.3 is 0 Å². The predicted octanol–water partition coefficient (Wildman–Crippen LogP) is 9.41. The van der Waals surface area contributed by atoms with Crippen LogP contribution < -0.4 is 0 Å². The smallest absolute Gasteiger partial charge is 0.207 e. The molecule has 8 aliphatic heterocycles. The number of hydrogen-bond donors (Lipinski definition) is 1. The highest BCUT2D eigenvalue weighted by Crippen LogP contribution is 2.54. The summed E-state index contributed by atoms with van der Waals surface area (Å²) < 4.78 is 72.2. The van der Waals surface area contributed by atoms with Gasteiger partial charge < -0.3 is 47.2 Å². The van der Waals surface area contributed by atoms with Gasteiger partial charge in [0.1, 0.15) is 24.1 Å². The van der Waals surface area contributed by atoms with Crippen LogP contribution in [0.15, 0.2) is 24.3 Å². The van der Waals surface area contributed by atoms with Crippen LogP contribution in [-0.2, 0) is 51.5 Å². The number of ether oxygens (including phenoxy) is 7. The molecule has 0 aromatic heterocycles. The molecule has 1 N–H and O–H groups in total. The van der Waals surface area contributed by atoms with Gasteiger partial charge in [-0.3, -0.25) is 9.36 Å². The van der Waals surface area contributed by atoms with Crippen molar-refractivity contribution in [2.24, 2.45) is 29.6 Å². The SMILES string of the molecule is C=C1CC(CCC23CC4OC5C(O2)C(C)C(CCCO)OC5C4O3)OC1CCC1CC(C)C(=C)C(CC2OC(CC(C)CO[Si](CC)(CC)CC)C(C)C2CC(=O)CP(C)(=O)OC)O1. The summed E-state index contributed by atoms with van der Waals surface area (Å²) in [6.45, 7) is 27.2. The van der Waals surface area contributed by atoms with Gasteiger partial charge in [-0.15, -0.1) is 0 Å². The predicted molar refractivity (Wildman–Crippen MR) is 250 cm³/mol. The Morgan fingerprint density at radius 1 is 0.875 bits per heavy atom. The standard InChI is InChI=1S/C50H85O12PSi/c1-12-64(13-2,14-3)55-28-30(4)22-42-34(8)39(25-36(52)29-63(11,53)54-10)44(58-42)26-43-33(7)31(5)23-37(57-43)17-18-40-32(6)24-38(56-40)19-20-50-27-45-47(62-50)49-48(60-45)46(61-50)35(9)41(59-49)16-15-21-51/h30-31,34-35,37-49,51H,6-7,12-29H2,1-5,8-11H3. The summed E-state index contributed by atoms with van der Waals surface area (Å²) in [5.41, 5.74) is 2.23. The first-order valence-corrected chi connectivity index (χ1v) is 30.1. The third-order valence-corrected chi connectivity index (χ3v) is 23.3. The molecule has 14 heteroatoms. The van der Waals surface area contributed by atoms with Crippen molar-refractivity contribution in [2.75, 3.05) is 33.2 Å². The first kappa shape index (κ1) is 51.1. The first-order valence-electron chi connectivity index (χ1n) is 25.3. The van der Waals surface area contributed by atoms with Crippen LogP contribution in [-0.4, -0.2) is 131 Å². The molecule has 64 heavy (non-hydrogen) atoms. The number of ketones is 1. The first-order chi connectivity index (χ1) is 30.5. The highest BCUT2D eigenvalue weighted by Gasteiger charge is 2.67. The number of rotatable bonds is 24. The minimum Gasteiger partial charge on any atom is -0.417 e. The molecule has 0 amide bonds. The summed E-state index contributed by atoms with van der Waals surface area (Å²) >= 11 is 0. The van der Waals surface area contributed by atoms with Crippen molar-refractivity contribution in [1.29, 1.82) is 0 Å². The van der Waals surface area contributed by atoms with Gasteiger partial charge in [0.05, 0.1) is 61.1 Å². The molecule has 19 atom stereocenters. The maximum atomic E-state index is 13.5. The van der Waals surface area contributed by atoms with E-state index in [4.69, 9.17) is 42.1 Å². The summed E-state index contributed by atoms with van der Waals surface area (Å²) in [4.78, 5) is 13.5. The van der Waals surface area contributed by atoms with Crippen molar-refractivity contribution < 1.29 is 56.6 Å². The maximum absolute atomic E-state index is 13.5. The Kier molecular flexibility index (Phi) is 17.1. The van der Waals surface area contributed by atoms with E-state index in [-0.39, 0.29) is 115 Å². The van der Waals surface area contributed by atoms with Crippen LogP contribution in [0.1, 0.15) is 126 Å². The molecule has 0 radical (unpaired) electrons. The molecule has 0 aromatic rings. The van der Waals surface area contributed by atoms with Gasteiger partial charge in [0.15, 0.2) is 14.1 Å². The fourth-order valence-electron chi connectivity index (χ4n) is 12.5. The Morgan fingerprint density at radius 2 is 1.58 bits per heavy atom. The molecule has 8 fully saturated rings. The lowest BCUT2D eigenvalue weighted by molar-refractivity contribution is -0.263. The zero-order valence-corrected chi connectivity index (χ0v) is 42.7. The molecular formula is C50H85O12PSi. The summed E-state index contributed by atoms with van der Waals surface area (Å²) in [6.07, 6.45) is 8.15. The van der Waals surface area contributed by atoms with Gasteiger partial charge in [0, 0.05) is 58.6 Å². The van der Waals surface area contributed by atoms with Crippen LogP contribution in [0.2, 0.25) is 18.1 Å². The number of Topliss-reactive ketones (excluding diaryl/α,β-unsaturated/α-hetero) is 1. The second kappa shape index (κ2) is 21.5. The highest BCUT2D eigenvalue weighted by atomic mass is 31.2. The minimum atomic E-state index is -3.00. The van der Waals surface area contributed by atoms with E-state index >= 15 is 0 Å². The molecule has 8 heterocycles. The molecular weight excluding hydrogens is 852 g/mol. The lowest BCUT2D eigenvalue weighted by Crippen LogP contribution is -2.54. The van der Waals surface area contributed by atoms with E-state index in [1.807, 2.05) is 0 Å². The minimum absolute atomic E-state index is 0.0111. The molecule has 8 rings (SSSR count). The summed E-state index contributed by atoms with van der Waals surface area (Å²) in [6, 6.07) is 3.38. The van der Waals surface area contributed by atoms with E-state index in [0.717, 1.165) is 87.3 Å². The molecule has 12 nitrogen and oxygen atoms in total. The molecule has 0 saturated carbocycles. The number of carbonyl (C=O) groups excluding carboxylic acids is 1. The fraction of sp³-hybridized carbons (Fsp3) is 0.900. The lowest BCUT2D eigenvalue weighted by Gasteiger charge is -2.42. The van der Waals surface area contributed by atoms with Crippen LogP contribution in [0, 0.1) is 29.6 Å². The molecule has 8 saturated heterocycles. The molecule has 6 bridgehead atoms. The van der Waals surface area contributed by atoms with E-state index in [0.29, 0.717) is 31.6 Å². The normalized spacial score (nSPS) is 42.0. The second-order valence-corrected chi connectivity index (χ2v) is 28.9. The van der Waals surface area contributed by atoms with Crippen LogP contribution in [0.25, 0.3) is 0 Å². The zero-order valence-electron chi connectivity index (χ0n) is 40.8. The summed E-state index contributed by atoms with van der Waals surface area (Å²) in [5.74, 6) is 0.136. The number of aliphatic hydroxyl groups excluding tert-OH is 1. The van der Waals surface area contributed by atoms with Gasteiger partial charge in [-0.25, -0.2) is 0 Å². The van der Waals surface area contributed by atoms with E-state index in [2.05, 4.69) is 61.6 Å². The monoisotopic (exact) mass is 937 g/mol. The summed E-state index contributed by atoms with van der Waals surface area (Å²) in [5, 5.41) is 9.49. The van der Waals surface area contributed by atoms with Gasteiger partial charge in [-0.2, -0.15) is 0 Å². The topological polar surface area (TPSA) is 137 Å². The van der Waals surface area contributed by atoms with Crippen LogP contribution in [0.5, 0.6) is 0 Å². The Morgan fingerprint density at radius 3 is 2.28 bits per heavy atom. The van der Waals surface area contributed by atoms with Crippen molar-refractivity contribution in [2.45, 2.75) is 223 Å². The lowest BCUT2D eigenvalue weighted by atomic mass is 9.79. The Labute approximate surface area is 386 Å². The van der Waals surface area contributed by atoms with Crippen molar-refractivity contribution in [3.8, 4) is 0 Å². The molecule has 366 valence electrons. The number of hydrogen-bond acceptors (Lipinski definition) is 12. The van der Waals surface area contributed by atoms with Crippen LogP contribution in [0.3, 0.4) is 0 Å². The van der Waals surface area contributed by atoms with Crippen molar-refractivity contribution in [3.63, 3.8) is 0 Å². The molecule has 0 spiro atoms. The van der Waals surface area contributed by atoms with E-state index in [1.54, 1.807) is 6.66 Å². The number of aliphatic hydroxyl groups is 1. The van der Waals surface area contributed by atoms with E-state index in [1.165, 1.54) is 7.11 Å². The number of carbonyl (C=O) groups is 1. The van der Waals surface area contributed by atoms with Gasteiger partial charge in [0.25, 0.3) is 0 Å². The van der Waals surface area contributed by atoms with Crippen molar-refractivity contribution in [1.82, 2.24) is 0 Å². The van der Waals surface area contributed by atoms with Crippen LogP contribution >= 0.6 is 7.37 Å². The second-order valence-electron chi connectivity index (χ2n) is 21.4. The van der Waals surface area contributed by atoms with Crippen molar-refractivity contribution in [3.05, 3.63) is 24.3 Å². The highest BCUT2D eigenvalue weighted by molar-refractivity contribution is 7.59. The third kappa shape index (κ3) is 11.3. The largest absolute Gasteiger partial charge is 0.417 e. The average Bonchev–Trinajstić information content (AvgIpc) is 3.93. The zero-order chi connectivity index (χ0) is 46.1. The molecule has 19 unspecified atom stereocenters. The van der Waals surface area contributed by atoms with E-state index in [9.17, 15) is 14.5 Å². The Balaban J connectivity index is 0.933. The molecule has 0 aromatic carbocycles. The van der Waals surface area contributed by atoms with Crippen molar-refractivity contribution >= 4 is 21.5 Å². The Bertz CT molecular complexity index is 1650. The van der Waals surface area contributed by atoms with Gasteiger partial charge in [-0.05, 0) is 104 Å². The van der Waals surface area contributed by atoms with Gasteiger partial charge in [0.2, 0.25) is 7.37 Å². The summed E-state index contributed by atoms with van der Waals surface area (Å²) in [7, 11) is -3.29. The van der Waals surface area contributed by atoms with E-state index < -0.39 is 21.5 Å². The molecule has 0 aliphatic carbocycles. The Hall–Kier alpha value is -0.803. The average molecular weight is 937 g/mol.